The SMILES string of the molecule is O=C(c1cc(OC(F)(F)F)ccc1F)C1CC2CCCC(C1)N2. The Balaban J connectivity index is 1.80. The molecular formula is C16H17F4NO2. The van der Waals surface area contributed by atoms with E-state index in [0.29, 0.717) is 12.8 Å². The fraction of sp³-hybridized carbons (Fsp3) is 0.562. The molecule has 1 N–H and O–H groups in total. The molecule has 2 fully saturated rings. The average molecular weight is 331 g/mol. The number of piperidine rings is 2. The molecule has 2 atom stereocenters. The van der Waals surface area contributed by atoms with Gasteiger partial charge in [-0.25, -0.2) is 4.39 Å². The number of ether oxygens (including phenoxy) is 1. The molecule has 0 saturated carbocycles. The summed E-state index contributed by atoms with van der Waals surface area (Å²) in [7, 11) is 0. The van der Waals surface area contributed by atoms with Crippen molar-refractivity contribution >= 4 is 5.78 Å². The summed E-state index contributed by atoms with van der Waals surface area (Å²) in [5.41, 5.74) is -0.322. The van der Waals surface area contributed by atoms with E-state index in [1.165, 1.54) is 0 Å². The Morgan fingerprint density at radius 2 is 1.83 bits per heavy atom. The predicted octanol–water partition coefficient (Wildman–Crippen LogP) is 3.83. The second kappa shape index (κ2) is 6.11. The molecule has 1 aromatic rings. The molecule has 0 radical (unpaired) electrons. The number of benzene rings is 1. The molecule has 2 unspecified atom stereocenters. The van der Waals surface area contributed by atoms with E-state index >= 15 is 0 Å². The quantitative estimate of drug-likeness (QED) is 0.676. The van der Waals surface area contributed by atoms with Crippen LogP contribution >= 0.6 is 0 Å². The van der Waals surface area contributed by atoms with E-state index in [2.05, 4.69) is 10.1 Å². The smallest absolute Gasteiger partial charge is 0.406 e. The summed E-state index contributed by atoms with van der Waals surface area (Å²) >= 11 is 0. The van der Waals surface area contributed by atoms with E-state index in [4.69, 9.17) is 0 Å². The number of nitrogens with one attached hydrogen (secondary N) is 1. The van der Waals surface area contributed by atoms with Crippen molar-refractivity contribution in [2.75, 3.05) is 0 Å². The molecule has 126 valence electrons. The van der Waals surface area contributed by atoms with Crippen molar-refractivity contribution in [1.82, 2.24) is 5.32 Å². The zero-order chi connectivity index (χ0) is 16.6. The molecule has 0 amide bonds. The van der Waals surface area contributed by atoms with Crippen LogP contribution in [0.3, 0.4) is 0 Å². The first-order chi connectivity index (χ1) is 10.8. The number of ketones is 1. The van der Waals surface area contributed by atoms with Crippen molar-refractivity contribution in [1.29, 1.82) is 0 Å². The number of carbonyl (C=O) groups excluding carboxylic acids is 1. The van der Waals surface area contributed by atoms with Gasteiger partial charge in [-0.05, 0) is 43.9 Å². The minimum Gasteiger partial charge on any atom is -0.406 e. The van der Waals surface area contributed by atoms with E-state index in [0.717, 1.165) is 37.5 Å². The van der Waals surface area contributed by atoms with Gasteiger partial charge in [0.25, 0.3) is 0 Å². The van der Waals surface area contributed by atoms with Crippen LogP contribution < -0.4 is 10.1 Å². The number of Topliss-reactive ketones (excluding diaryl/α,β-unsaturated/α-hetero) is 1. The second-order valence-corrected chi connectivity index (χ2v) is 6.21. The van der Waals surface area contributed by atoms with E-state index in [1.807, 2.05) is 0 Å². The minimum atomic E-state index is -4.87. The summed E-state index contributed by atoms with van der Waals surface area (Å²) in [4.78, 5) is 12.6. The molecule has 0 spiro atoms. The third kappa shape index (κ3) is 3.83. The van der Waals surface area contributed by atoms with Gasteiger partial charge in [0.2, 0.25) is 0 Å². The lowest BCUT2D eigenvalue weighted by Crippen LogP contribution is -2.50. The van der Waals surface area contributed by atoms with Crippen LogP contribution in [-0.2, 0) is 0 Å². The maximum atomic E-state index is 13.9. The molecule has 3 nitrogen and oxygen atoms in total. The van der Waals surface area contributed by atoms with Crippen LogP contribution in [0.25, 0.3) is 0 Å². The van der Waals surface area contributed by atoms with Gasteiger partial charge in [0.15, 0.2) is 5.78 Å². The molecule has 23 heavy (non-hydrogen) atoms. The van der Waals surface area contributed by atoms with Crippen molar-refractivity contribution in [3.8, 4) is 5.75 Å². The Kier molecular flexibility index (Phi) is 4.31. The van der Waals surface area contributed by atoms with E-state index in [9.17, 15) is 22.4 Å². The van der Waals surface area contributed by atoms with Gasteiger partial charge < -0.3 is 10.1 Å². The summed E-state index contributed by atoms with van der Waals surface area (Å²) in [6.45, 7) is 0. The molecule has 1 aromatic carbocycles. The number of fused-ring (bicyclic) bond motifs is 2. The normalized spacial score (nSPS) is 27.6. The molecule has 2 saturated heterocycles. The van der Waals surface area contributed by atoms with Gasteiger partial charge in [0, 0.05) is 18.0 Å². The monoisotopic (exact) mass is 331 g/mol. The van der Waals surface area contributed by atoms with Crippen molar-refractivity contribution < 1.29 is 27.1 Å². The number of rotatable bonds is 3. The summed E-state index contributed by atoms with van der Waals surface area (Å²) in [6, 6.07) is 3.03. The van der Waals surface area contributed by atoms with E-state index < -0.39 is 23.7 Å². The van der Waals surface area contributed by atoms with E-state index in [1.54, 1.807) is 0 Å². The van der Waals surface area contributed by atoms with Gasteiger partial charge in [0.1, 0.15) is 11.6 Å². The highest BCUT2D eigenvalue weighted by Gasteiger charge is 2.36. The third-order valence-corrected chi connectivity index (χ3v) is 4.52. The Morgan fingerprint density at radius 1 is 1.17 bits per heavy atom. The Hall–Kier alpha value is -1.63. The largest absolute Gasteiger partial charge is 0.573 e. The maximum Gasteiger partial charge on any atom is 0.573 e. The van der Waals surface area contributed by atoms with Crippen molar-refractivity contribution in [3.63, 3.8) is 0 Å². The Morgan fingerprint density at radius 3 is 2.43 bits per heavy atom. The lowest BCUT2D eigenvalue weighted by Gasteiger charge is -2.39. The van der Waals surface area contributed by atoms with Gasteiger partial charge in [-0.2, -0.15) is 0 Å². The molecule has 0 aliphatic carbocycles. The van der Waals surface area contributed by atoms with Gasteiger partial charge >= 0.3 is 6.36 Å². The standard InChI is InChI=1S/C16H17F4NO2/c17-14-5-4-12(23-16(18,19)20)8-13(14)15(22)9-6-10-2-1-3-11(7-9)21-10/h4-5,8-11,21H,1-3,6-7H2. The molecule has 3 rings (SSSR count). The van der Waals surface area contributed by atoms with Crippen LogP contribution in [0.1, 0.15) is 42.5 Å². The highest BCUT2D eigenvalue weighted by molar-refractivity contribution is 5.98. The van der Waals surface area contributed by atoms with Crippen LogP contribution in [0, 0.1) is 11.7 Å². The number of hydrogen-bond acceptors (Lipinski definition) is 3. The zero-order valence-corrected chi connectivity index (χ0v) is 12.3. The van der Waals surface area contributed by atoms with Crippen LogP contribution in [0.15, 0.2) is 18.2 Å². The molecule has 2 aliphatic heterocycles. The Labute approximate surface area is 131 Å². The van der Waals surface area contributed by atoms with Crippen molar-refractivity contribution in [2.45, 2.75) is 50.6 Å². The first-order valence-electron chi connectivity index (χ1n) is 7.67. The van der Waals surface area contributed by atoms with Crippen LogP contribution in [-0.4, -0.2) is 24.2 Å². The zero-order valence-electron chi connectivity index (χ0n) is 12.3. The summed E-state index contributed by atoms with van der Waals surface area (Å²) in [6.07, 6.45) is -0.630. The second-order valence-electron chi connectivity index (χ2n) is 6.21. The summed E-state index contributed by atoms with van der Waals surface area (Å²) < 4.78 is 54.5. The van der Waals surface area contributed by atoms with Crippen molar-refractivity contribution in [3.05, 3.63) is 29.6 Å². The van der Waals surface area contributed by atoms with Crippen LogP contribution in [0.5, 0.6) is 5.75 Å². The first-order valence-corrected chi connectivity index (χ1v) is 7.67. The fourth-order valence-electron chi connectivity index (χ4n) is 3.59. The number of hydrogen-bond donors (Lipinski definition) is 1. The number of halogens is 4. The van der Waals surface area contributed by atoms with Gasteiger partial charge in [-0.3, -0.25) is 4.79 Å². The third-order valence-electron chi connectivity index (χ3n) is 4.52. The molecule has 2 heterocycles. The topological polar surface area (TPSA) is 38.3 Å². The average Bonchev–Trinajstić information content (AvgIpc) is 2.46. The predicted molar refractivity (Wildman–Crippen MR) is 74.7 cm³/mol. The maximum absolute atomic E-state index is 13.9. The Bertz CT molecular complexity index is 590. The number of alkyl halides is 3. The highest BCUT2D eigenvalue weighted by atomic mass is 19.4. The van der Waals surface area contributed by atoms with Gasteiger partial charge in [-0.15, -0.1) is 13.2 Å². The first kappa shape index (κ1) is 16.2. The van der Waals surface area contributed by atoms with Gasteiger partial charge in [-0.1, -0.05) is 6.42 Å². The summed E-state index contributed by atoms with van der Waals surface area (Å²) in [5, 5.41) is 3.43. The summed E-state index contributed by atoms with van der Waals surface area (Å²) in [5.74, 6) is -2.18. The molecule has 2 aliphatic rings. The molecule has 7 heteroatoms. The number of carbonyl (C=O) groups is 1. The molecule has 0 aromatic heterocycles. The lowest BCUT2D eigenvalue weighted by atomic mass is 9.77. The fourth-order valence-corrected chi connectivity index (χ4v) is 3.59. The van der Waals surface area contributed by atoms with E-state index in [-0.39, 0.29) is 23.6 Å². The van der Waals surface area contributed by atoms with Crippen LogP contribution in [0.4, 0.5) is 17.6 Å². The highest BCUT2D eigenvalue weighted by Crippen LogP contribution is 2.33. The minimum absolute atomic E-state index is 0.231. The lowest BCUT2D eigenvalue weighted by molar-refractivity contribution is -0.274. The van der Waals surface area contributed by atoms with Gasteiger partial charge in [0.05, 0.1) is 5.56 Å². The molecule has 2 bridgehead atoms. The van der Waals surface area contributed by atoms with Crippen LogP contribution in [0.2, 0.25) is 0 Å². The molecular weight excluding hydrogens is 314 g/mol. The van der Waals surface area contributed by atoms with Crippen molar-refractivity contribution in [2.24, 2.45) is 5.92 Å².